The van der Waals surface area contributed by atoms with Gasteiger partial charge in [0, 0.05) is 26.1 Å². The zero-order valence-corrected chi connectivity index (χ0v) is 13.3. The molecule has 1 aromatic heterocycles. The molecule has 1 saturated heterocycles. The van der Waals surface area contributed by atoms with Crippen molar-refractivity contribution in [1.82, 2.24) is 9.55 Å². The highest BCUT2D eigenvalue weighted by Gasteiger charge is 2.36. The Bertz CT molecular complexity index is 585. The molecule has 1 aliphatic carbocycles. The summed E-state index contributed by atoms with van der Waals surface area (Å²) in [6, 6.07) is 1.55. The number of nitrogens with zero attached hydrogens (tertiary/aromatic N) is 2. The third-order valence-corrected chi connectivity index (χ3v) is 4.37. The highest BCUT2D eigenvalue weighted by atomic mass is 16.8. The third-order valence-electron chi connectivity index (χ3n) is 4.37. The van der Waals surface area contributed by atoms with Crippen LogP contribution in [0.15, 0.2) is 17.1 Å². The van der Waals surface area contributed by atoms with E-state index in [0.29, 0.717) is 0 Å². The van der Waals surface area contributed by atoms with Crippen LogP contribution in [0.4, 0.5) is 5.82 Å². The molecule has 2 unspecified atom stereocenters. The van der Waals surface area contributed by atoms with Gasteiger partial charge in [-0.15, -0.1) is 0 Å². The smallest absolute Gasteiger partial charge is 0.351 e. The van der Waals surface area contributed by atoms with Crippen LogP contribution in [0.3, 0.4) is 0 Å². The lowest BCUT2D eigenvalue weighted by Crippen LogP contribution is -2.39. The number of aromatic nitrogens is 2. The Kier molecular flexibility index (Phi) is 4.96. The Labute approximate surface area is 134 Å². The first-order valence-electron chi connectivity index (χ1n) is 7.93. The van der Waals surface area contributed by atoms with E-state index < -0.39 is 24.0 Å². The lowest BCUT2D eigenvalue weighted by molar-refractivity contribution is -0.264. The molecule has 2 N–H and O–H groups in total. The van der Waals surface area contributed by atoms with Gasteiger partial charge in [0.1, 0.15) is 12.4 Å². The van der Waals surface area contributed by atoms with Crippen LogP contribution in [-0.2, 0) is 18.9 Å². The molecular formula is C15H23N3O5. The maximum atomic E-state index is 11.8. The largest absolute Gasteiger partial charge is 0.383 e. The van der Waals surface area contributed by atoms with Crippen LogP contribution in [0.5, 0.6) is 0 Å². The summed E-state index contributed by atoms with van der Waals surface area (Å²) in [6.45, 7) is 0.529. The van der Waals surface area contributed by atoms with Gasteiger partial charge in [-0.2, -0.15) is 4.98 Å². The molecule has 0 spiro atoms. The minimum Gasteiger partial charge on any atom is -0.383 e. The maximum absolute atomic E-state index is 11.8. The fourth-order valence-corrected chi connectivity index (χ4v) is 3.04. The molecule has 2 atom stereocenters. The molecule has 8 heteroatoms. The highest BCUT2D eigenvalue weighted by Crippen LogP contribution is 2.33. The number of nitrogen functional groups attached to an aromatic ring is 1. The molecule has 2 fully saturated rings. The highest BCUT2D eigenvalue weighted by molar-refractivity contribution is 5.23. The molecule has 3 rings (SSSR count). The molecule has 0 aromatic carbocycles. The van der Waals surface area contributed by atoms with E-state index in [4.69, 9.17) is 24.7 Å². The number of rotatable bonds is 5. The summed E-state index contributed by atoms with van der Waals surface area (Å²) in [4.78, 5) is 15.5. The van der Waals surface area contributed by atoms with Crippen LogP contribution in [0, 0.1) is 0 Å². The molecule has 1 aromatic rings. The standard InChI is InChI=1S/C15H23N3O5/c1-20-15(6-3-2-4-7-15)22-10-13-21-9-12(23-13)18-8-5-11(16)17-14(18)19/h5,8,12-13H,2-4,6-7,9-10H2,1H3,(H2,16,17,19). The number of hydrogen-bond acceptors (Lipinski definition) is 7. The van der Waals surface area contributed by atoms with Gasteiger partial charge in [-0.25, -0.2) is 4.79 Å². The molecule has 1 saturated carbocycles. The minimum absolute atomic E-state index is 0.185. The average Bonchev–Trinajstić information content (AvgIpc) is 3.02. The van der Waals surface area contributed by atoms with Crippen molar-refractivity contribution in [3.05, 3.63) is 22.7 Å². The Morgan fingerprint density at radius 1 is 1.43 bits per heavy atom. The van der Waals surface area contributed by atoms with E-state index in [1.54, 1.807) is 19.4 Å². The summed E-state index contributed by atoms with van der Waals surface area (Å²) in [7, 11) is 1.67. The van der Waals surface area contributed by atoms with E-state index >= 15 is 0 Å². The van der Waals surface area contributed by atoms with Crippen molar-refractivity contribution in [3.8, 4) is 0 Å². The summed E-state index contributed by atoms with van der Waals surface area (Å²) in [5.74, 6) is -0.354. The van der Waals surface area contributed by atoms with Crippen LogP contribution in [-0.4, -0.2) is 42.0 Å². The summed E-state index contributed by atoms with van der Waals surface area (Å²) in [6.07, 6.45) is 5.65. The summed E-state index contributed by atoms with van der Waals surface area (Å²) in [5, 5.41) is 0. The zero-order valence-electron chi connectivity index (χ0n) is 13.3. The topological polar surface area (TPSA) is 97.8 Å². The molecule has 2 aliphatic rings. The summed E-state index contributed by atoms with van der Waals surface area (Å²) >= 11 is 0. The predicted molar refractivity (Wildman–Crippen MR) is 81.5 cm³/mol. The van der Waals surface area contributed by atoms with Gasteiger partial charge >= 0.3 is 5.69 Å². The van der Waals surface area contributed by atoms with E-state index in [1.807, 2.05) is 0 Å². The Hall–Kier alpha value is -1.48. The van der Waals surface area contributed by atoms with Crippen LogP contribution in [0.2, 0.25) is 0 Å². The first kappa shape index (κ1) is 16.4. The Balaban J connectivity index is 1.56. The molecule has 2 heterocycles. The third kappa shape index (κ3) is 3.72. The SMILES string of the molecule is COC1(OCC2OCC(n3ccc(N)nc3=O)O2)CCCCC1. The van der Waals surface area contributed by atoms with Crippen molar-refractivity contribution >= 4 is 5.82 Å². The van der Waals surface area contributed by atoms with Gasteiger partial charge in [0.15, 0.2) is 18.3 Å². The van der Waals surface area contributed by atoms with E-state index in [1.165, 1.54) is 11.0 Å². The molecule has 0 bridgehead atoms. The number of hydrogen-bond donors (Lipinski definition) is 1. The second-order valence-corrected chi connectivity index (χ2v) is 5.88. The van der Waals surface area contributed by atoms with Gasteiger partial charge in [-0.3, -0.25) is 4.57 Å². The zero-order chi connectivity index (χ0) is 16.3. The van der Waals surface area contributed by atoms with Crippen molar-refractivity contribution in [2.24, 2.45) is 0 Å². The molecule has 8 nitrogen and oxygen atoms in total. The summed E-state index contributed by atoms with van der Waals surface area (Å²) < 4.78 is 24.2. The number of nitrogens with two attached hydrogens (primary N) is 1. The summed E-state index contributed by atoms with van der Waals surface area (Å²) in [5.41, 5.74) is 5.03. The van der Waals surface area contributed by atoms with E-state index in [0.717, 1.165) is 25.7 Å². The molecule has 128 valence electrons. The average molecular weight is 325 g/mol. The van der Waals surface area contributed by atoms with Gasteiger partial charge in [-0.05, 0) is 18.9 Å². The van der Waals surface area contributed by atoms with Gasteiger partial charge in [-0.1, -0.05) is 6.42 Å². The number of anilines is 1. The van der Waals surface area contributed by atoms with Crippen molar-refractivity contribution in [3.63, 3.8) is 0 Å². The van der Waals surface area contributed by atoms with E-state index in [9.17, 15) is 4.79 Å². The normalized spacial score (nSPS) is 27.2. The predicted octanol–water partition coefficient (Wildman–Crippen LogP) is 1.02. The van der Waals surface area contributed by atoms with E-state index in [-0.39, 0.29) is 19.0 Å². The van der Waals surface area contributed by atoms with Gasteiger partial charge < -0.3 is 24.7 Å². The van der Waals surface area contributed by atoms with Gasteiger partial charge in [0.05, 0.1) is 6.61 Å². The van der Waals surface area contributed by atoms with Crippen LogP contribution in [0.1, 0.15) is 38.3 Å². The van der Waals surface area contributed by atoms with E-state index in [2.05, 4.69) is 4.98 Å². The molecule has 1 aliphatic heterocycles. The fraction of sp³-hybridized carbons (Fsp3) is 0.733. The van der Waals surface area contributed by atoms with Crippen molar-refractivity contribution < 1.29 is 18.9 Å². The molecule has 23 heavy (non-hydrogen) atoms. The van der Waals surface area contributed by atoms with Crippen molar-refractivity contribution in [2.45, 2.75) is 50.4 Å². The Morgan fingerprint density at radius 3 is 2.91 bits per heavy atom. The lowest BCUT2D eigenvalue weighted by atomic mass is 9.94. The van der Waals surface area contributed by atoms with Gasteiger partial charge in [0.2, 0.25) is 0 Å². The molecular weight excluding hydrogens is 302 g/mol. The number of ether oxygens (including phenoxy) is 4. The first-order chi connectivity index (χ1) is 11.1. The van der Waals surface area contributed by atoms with Crippen LogP contribution < -0.4 is 11.4 Å². The second-order valence-electron chi connectivity index (χ2n) is 5.88. The maximum Gasteiger partial charge on any atom is 0.351 e. The second kappa shape index (κ2) is 6.96. The Morgan fingerprint density at radius 2 is 2.22 bits per heavy atom. The minimum atomic E-state index is -0.539. The quantitative estimate of drug-likeness (QED) is 0.807. The van der Waals surface area contributed by atoms with Crippen LogP contribution in [0.25, 0.3) is 0 Å². The molecule has 0 amide bonds. The number of methoxy groups -OCH3 is 1. The van der Waals surface area contributed by atoms with Crippen LogP contribution >= 0.6 is 0 Å². The van der Waals surface area contributed by atoms with Crippen molar-refractivity contribution in [1.29, 1.82) is 0 Å². The lowest BCUT2D eigenvalue weighted by Gasteiger charge is -2.36. The van der Waals surface area contributed by atoms with Gasteiger partial charge in [0.25, 0.3) is 0 Å². The first-order valence-corrected chi connectivity index (χ1v) is 7.93. The van der Waals surface area contributed by atoms with Crippen molar-refractivity contribution in [2.75, 3.05) is 26.1 Å². The monoisotopic (exact) mass is 325 g/mol. The fourth-order valence-electron chi connectivity index (χ4n) is 3.04. The molecule has 0 radical (unpaired) electrons.